The summed E-state index contributed by atoms with van der Waals surface area (Å²) < 4.78 is 0. The molecule has 0 bridgehead atoms. The van der Waals surface area contributed by atoms with E-state index in [-0.39, 0.29) is 0 Å². The molecule has 2 rings (SSSR count). The second kappa shape index (κ2) is 6.38. The molecule has 1 atom stereocenters. The second-order valence-electron chi connectivity index (χ2n) is 5.97. The third-order valence-electron chi connectivity index (χ3n) is 3.77. The maximum Gasteiger partial charge on any atom is 0.0957 e. The van der Waals surface area contributed by atoms with Crippen molar-refractivity contribution in [3.63, 3.8) is 0 Å². The van der Waals surface area contributed by atoms with E-state index in [0.717, 1.165) is 18.2 Å². The number of pyridine rings is 1. The Morgan fingerprint density at radius 3 is 2.58 bits per heavy atom. The summed E-state index contributed by atoms with van der Waals surface area (Å²) in [5, 5.41) is 9.78. The molecule has 1 aromatic heterocycles. The maximum atomic E-state index is 9.78. The molecule has 1 aromatic rings. The van der Waals surface area contributed by atoms with Crippen molar-refractivity contribution in [2.45, 2.75) is 58.6 Å². The van der Waals surface area contributed by atoms with Crippen molar-refractivity contribution in [2.24, 2.45) is 5.92 Å². The fraction of sp³-hybridized carbons (Fsp3) is 0.688. The van der Waals surface area contributed by atoms with Crippen LogP contribution in [0.4, 0.5) is 5.69 Å². The van der Waals surface area contributed by atoms with Crippen molar-refractivity contribution >= 4 is 5.69 Å². The molecule has 0 amide bonds. The van der Waals surface area contributed by atoms with E-state index in [1.54, 1.807) is 0 Å². The van der Waals surface area contributed by atoms with Gasteiger partial charge in [0.15, 0.2) is 0 Å². The molecule has 0 radical (unpaired) electrons. The van der Waals surface area contributed by atoms with Crippen molar-refractivity contribution in [2.75, 3.05) is 11.4 Å². The fourth-order valence-corrected chi connectivity index (χ4v) is 2.28. The number of hydrogen-bond acceptors (Lipinski definition) is 3. The molecule has 1 N–H and O–H groups in total. The molecule has 1 saturated carbocycles. The molecule has 0 saturated heterocycles. The summed E-state index contributed by atoms with van der Waals surface area (Å²) in [7, 11) is 0. The summed E-state index contributed by atoms with van der Waals surface area (Å²) >= 11 is 0. The standard InChI is InChI=1S/C16H26N2O/c1-4-16(19)15-8-7-14(11-17-15)18(13-5-6-13)10-9-12(2)3/h7-8,11-13,16,19H,4-6,9-10H2,1-3H3/t16-/m0/s1. The van der Waals surface area contributed by atoms with Gasteiger partial charge in [0.2, 0.25) is 0 Å². The molecule has 0 spiro atoms. The van der Waals surface area contributed by atoms with Crippen LogP contribution in [0.2, 0.25) is 0 Å². The summed E-state index contributed by atoms with van der Waals surface area (Å²) in [6.07, 6.45) is 6.03. The van der Waals surface area contributed by atoms with Crippen LogP contribution in [-0.4, -0.2) is 22.7 Å². The van der Waals surface area contributed by atoms with Gasteiger partial charge in [-0.2, -0.15) is 0 Å². The Balaban J connectivity index is 2.04. The highest BCUT2D eigenvalue weighted by molar-refractivity contribution is 5.47. The van der Waals surface area contributed by atoms with Crippen LogP contribution >= 0.6 is 0 Å². The van der Waals surface area contributed by atoms with Gasteiger partial charge >= 0.3 is 0 Å². The molecule has 0 unspecified atom stereocenters. The topological polar surface area (TPSA) is 36.4 Å². The summed E-state index contributed by atoms with van der Waals surface area (Å²) in [4.78, 5) is 6.90. The Kier molecular flexibility index (Phi) is 4.81. The molecule has 0 aliphatic heterocycles. The predicted molar refractivity (Wildman–Crippen MR) is 79.3 cm³/mol. The van der Waals surface area contributed by atoms with Gasteiger partial charge in [-0.1, -0.05) is 20.8 Å². The lowest BCUT2D eigenvalue weighted by molar-refractivity contribution is 0.169. The molecular weight excluding hydrogens is 236 g/mol. The number of anilines is 1. The number of aliphatic hydroxyl groups excluding tert-OH is 1. The van der Waals surface area contributed by atoms with E-state index in [2.05, 4.69) is 29.8 Å². The van der Waals surface area contributed by atoms with E-state index in [0.29, 0.717) is 12.5 Å². The van der Waals surface area contributed by atoms with Crippen molar-refractivity contribution < 1.29 is 5.11 Å². The van der Waals surface area contributed by atoms with Gasteiger partial charge in [-0.15, -0.1) is 0 Å². The molecule has 106 valence electrons. The van der Waals surface area contributed by atoms with Crippen molar-refractivity contribution in [1.29, 1.82) is 0 Å². The maximum absolute atomic E-state index is 9.78. The van der Waals surface area contributed by atoms with Crippen molar-refractivity contribution in [3.8, 4) is 0 Å². The second-order valence-corrected chi connectivity index (χ2v) is 5.97. The average molecular weight is 262 g/mol. The highest BCUT2D eigenvalue weighted by atomic mass is 16.3. The lowest BCUT2D eigenvalue weighted by Gasteiger charge is -2.25. The zero-order valence-electron chi connectivity index (χ0n) is 12.3. The molecular formula is C16H26N2O. The van der Waals surface area contributed by atoms with Gasteiger partial charge in [0.05, 0.1) is 23.7 Å². The molecule has 1 aliphatic rings. The monoisotopic (exact) mass is 262 g/mol. The van der Waals surface area contributed by atoms with Crippen LogP contribution in [0, 0.1) is 5.92 Å². The Morgan fingerprint density at radius 2 is 2.11 bits per heavy atom. The van der Waals surface area contributed by atoms with Gasteiger partial charge in [-0.3, -0.25) is 4.98 Å². The van der Waals surface area contributed by atoms with Crippen molar-refractivity contribution in [1.82, 2.24) is 4.98 Å². The van der Waals surface area contributed by atoms with E-state index in [4.69, 9.17) is 0 Å². The van der Waals surface area contributed by atoms with Crippen LogP contribution in [-0.2, 0) is 0 Å². The highest BCUT2D eigenvalue weighted by Crippen LogP contribution is 2.32. The number of nitrogens with zero attached hydrogens (tertiary/aromatic N) is 2. The third-order valence-corrected chi connectivity index (χ3v) is 3.77. The van der Waals surface area contributed by atoms with Crippen LogP contribution in [0.25, 0.3) is 0 Å². The average Bonchev–Trinajstić information content (AvgIpc) is 3.23. The minimum Gasteiger partial charge on any atom is -0.387 e. The zero-order valence-corrected chi connectivity index (χ0v) is 12.3. The summed E-state index contributed by atoms with van der Waals surface area (Å²) in [5.74, 6) is 0.732. The molecule has 1 aliphatic carbocycles. The van der Waals surface area contributed by atoms with E-state index in [9.17, 15) is 5.11 Å². The minimum atomic E-state index is -0.431. The van der Waals surface area contributed by atoms with Gasteiger partial charge in [-0.25, -0.2) is 0 Å². The SMILES string of the molecule is CC[C@H](O)c1ccc(N(CCC(C)C)C2CC2)cn1. The largest absolute Gasteiger partial charge is 0.387 e. The van der Waals surface area contributed by atoms with E-state index < -0.39 is 6.10 Å². The van der Waals surface area contributed by atoms with Gasteiger partial charge in [0, 0.05) is 12.6 Å². The molecule has 3 heteroatoms. The molecule has 1 heterocycles. The number of aliphatic hydroxyl groups is 1. The predicted octanol–water partition coefficient (Wildman–Crippen LogP) is 3.54. The van der Waals surface area contributed by atoms with Gasteiger partial charge in [-0.05, 0) is 43.7 Å². The van der Waals surface area contributed by atoms with E-state index in [1.165, 1.54) is 24.9 Å². The molecule has 0 aromatic carbocycles. The lowest BCUT2D eigenvalue weighted by Crippen LogP contribution is -2.27. The Hall–Kier alpha value is -1.09. The highest BCUT2D eigenvalue weighted by Gasteiger charge is 2.29. The zero-order chi connectivity index (χ0) is 13.8. The third kappa shape index (κ3) is 3.93. The van der Waals surface area contributed by atoms with Gasteiger partial charge in [0.25, 0.3) is 0 Å². The minimum absolute atomic E-state index is 0.431. The van der Waals surface area contributed by atoms with E-state index in [1.807, 2.05) is 19.2 Å². The van der Waals surface area contributed by atoms with Crippen molar-refractivity contribution in [3.05, 3.63) is 24.0 Å². The first-order valence-corrected chi connectivity index (χ1v) is 7.52. The first-order valence-electron chi connectivity index (χ1n) is 7.52. The van der Waals surface area contributed by atoms with Crippen LogP contribution < -0.4 is 4.90 Å². The van der Waals surface area contributed by atoms with E-state index >= 15 is 0 Å². The first kappa shape index (κ1) is 14.3. The Bertz CT molecular complexity index is 384. The van der Waals surface area contributed by atoms with Crippen LogP contribution in [0.3, 0.4) is 0 Å². The van der Waals surface area contributed by atoms with Gasteiger partial charge in [0.1, 0.15) is 0 Å². The number of rotatable bonds is 7. The number of hydrogen-bond donors (Lipinski definition) is 1. The Labute approximate surface area is 116 Å². The number of aromatic nitrogens is 1. The van der Waals surface area contributed by atoms with Gasteiger partial charge < -0.3 is 10.0 Å². The van der Waals surface area contributed by atoms with Crippen LogP contribution in [0.15, 0.2) is 18.3 Å². The first-order chi connectivity index (χ1) is 9.11. The lowest BCUT2D eigenvalue weighted by atomic mass is 10.1. The summed E-state index contributed by atoms with van der Waals surface area (Å²) in [5.41, 5.74) is 1.99. The fourth-order valence-electron chi connectivity index (χ4n) is 2.28. The van der Waals surface area contributed by atoms with Crippen LogP contribution in [0.1, 0.15) is 58.3 Å². The smallest absolute Gasteiger partial charge is 0.0957 e. The molecule has 1 fully saturated rings. The van der Waals surface area contributed by atoms with Crippen LogP contribution in [0.5, 0.6) is 0 Å². The quantitative estimate of drug-likeness (QED) is 0.816. The Morgan fingerprint density at radius 1 is 1.37 bits per heavy atom. The molecule has 3 nitrogen and oxygen atoms in total. The normalized spacial score (nSPS) is 16.7. The molecule has 19 heavy (non-hydrogen) atoms. The summed E-state index contributed by atoms with van der Waals surface area (Å²) in [6, 6.07) is 4.79. The summed E-state index contributed by atoms with van der Waals surface area (Å²) in [6.45, 7) is 7.62.